The first-order chi connectivity index (χ1) is 12.7. The van der Waals surface area contributed by atoms with Crippen LogP contribution in [0.4, 0.5) is 0 Å². The average molecular weight is 375 g/mol. The molecule has 0 atom stereocenters. The molecule has 0 aliphatic carbocycles. The van der Waals surface area contributed by atoms with E-state index in [9.17, 15) is 14.4 Å². The van der Waals surface area contributed by atoms with E-state index in [4.69, 9.17) is 0 Å². The molecule has 1 saturated heterocycles. The van der Waals surface area contributed by atoms with Crippen molar-refractivity contribution in [3.8, 4) is 0 Å². The Morgan fingerprint density at radius 3 is 2.19 bits per heavy atom. The quantitative estimate of drug-likeness (QED) is 0.837. The van der Waals surface area contributed by atoms with Crippen molar-refractivity contribution in [3.63, 3.8) is 0 Å². The van der Waals surface area contributed by atoms with Gasteiger partial charge in [-0.15, -0.1) is 0 Å². The smallest absolute Gasteiger partial charge is 0.290 e. The maximum atomic E-state index is 13.1. The summed E-state index contributed by atoms with van der Waals surface area (Å²) in [6.45, 7) is 10.1. The van der Waals surface area contributed by atoms with Crippen molar-refractivity contribution in [3.05, 3.63) is 17.2 Å². The number of nitrogens with one attached hydrogen (secondary N) is 1. The predicted octanol–water partition coefficient (Wildman–Crippen LogP) is 1.05. The molecule has 0 aromatic carbocycles. The van der Waals surface area contributed by atoms with E-state index >= 15 is 0 Å². The van der Waals surface area contributed by atoms with Crippen molar-refractivity contribution in [1.29, 1.82) is 0 Å². The van der Waals surface area contributed by atoms with Gasteiger partial charge in [0, 0.05) is 45.2 Å². The maximum absolute atomic E-state index is 13.1. The van der Waals surface area contributed by atoms with E-state index in [0.29, 0.717) is 44.2 Å². The molecule has 0 spiro atoms. The molecule has 0 saturated carbocycles. The van der Waals surface area contributed by atoms with Crippen molar-refractivity contribution in [1.82, 2.24) is 24.7 Å². The molecular weight excluding hydrogens is 346 g/mol. The minimum atomic E-state index is -0.366. The van der Waals surface area contributed by atoms with Gasteiger partial charge < -0.3 is 19.7 Å². The van der Waals surface area contributed by atoms with Gasteiger partial charge in [0.25, 0.3) is 11.8 Å². The first-order valence-corrected chi connectivity index (χ1v) is 9.64. The van der Waals surface area contributed by atoms with Gasteiger partial charge in [-0.05, 0) is 40.0 Å². The zero-order valence-electron chi connectivity index (χ0n) is 16.7. The molecule has 148 valence electrons. The minimum absolute atomic E-state index is 0.0291. The molecule has 1 fully saturated rings. The Morgan fingerprint density at radius 2 is 1.59 bits per heavy atom. The van der Waals surface area contributed by atoms with Gasteiger partial charge in [0.05, 0.1) is 5.69 Å². The van der Waals surface area contributed by atoms with Crippen LogP contribution in [0.3, 0.4) is 0 Å². The number of hydrogen-bond donors (Lipinski definition) is 1. The van der Waals surface area contributed by atoms with Gasteiger partial charge in [-0.25, -0.2) is 4.98 Å². The van der Waals surface area contributed by atoms with Crippen molar-refractivity contribution < 1.29 is 14.4 Å². The number of imidazole rings is 1. The third-order valence-corrected chi connectivity index (χ3v) is 5.02. The summed E-state index contributed by atoms with van der Waals surface area (Å²) in [6, 6.07) is 0. The zero-order valence-corrected chi connectivity index (χ0v) is 16.7. The SMILES string of the molecule is CC(=O)N1CCN(C(=O)c2nc(C(=O)NC(C)(C)C)c3n2CCCC3)CC1. The highest BCUT2D eigenvalue weighted by atomic mass is 16.2. The molecule has 0 unspecified atom stereocenters. The topological polar surface area (TPSA) is 87.5 Å². The summed E-state index contributed by atoms with van der Waals surface area (Å²) in [5.41, 5.74) is 0.860. The first-order valence-electron chi connectivity index (χ1n) is 9.64. The monoisotopic (exact) mass is 375 g/mol. The second-order valence-corrected chi connectivity index (χ2v) is 8.34. The van der Waals surface area contributed by atoms with Gasteiger partial charge in [-0.1, -0.05) is 0 Å². The molecular formula is C19H29N5O3. The second-order valence-electron chi connectivity index (χ2n) is 8.34. The van der Waals surface area contributed by atoms with Gasteiger partial charge >= 0.3 is 0 Å². The Hall–Kier alpha value is -2.38. The van der Waals surface area contributed by atoms with E-state index in [2.05, 4.69) is 10.3 Å². The number of nitrogens with zero attached hydrogens (tertiary/aromatic N) is 4. The fraction of sp³-hybridized carbons (Fsp3) is 0.684. The van der Waals surface area contributed by atoms with E-state index in [1.54, 1.807) is 16.7 Å². The van der Waals surface area contributed by atoms with Gasteiger partial charge in [-0.3, -0.25) is 14.4 Å². The zero-order chi connectivity index (χ0) is 19.8. The van der Waals surface area contributed by atoms with Gasteiger partial charge in [0.15, 0.2) is 5.82 Å². The van der Waals surface area contributed by atoms with Crippen molar-refractivity contribution in [2.24, 2.45) is 0 Å². The Kier molecular flexibility index (Phi) is 5.26. The van der Waals surface area contributed by atoms with E-state index in [1.165, 1.54) is 0 Å². The highest BCUT2D eigenvalue weighted by molar-refractivity contribution is 5.97. The molecule has 8 nitrogen and oxygen atoms in total. The minimum Gasteiger partial charge on any atom is -0.346 e. The Bertz CT molecular complexity index is 754. The van der Waals surface area contributed by atoms with Crippen LogP contribution in [-0.4, -0.2) is 68.8 Å². The lowest BCUT2D eigenvalue weighted by Gasteiger charge is -2.34. The second kappa shape index (κ2) is 7.32. The number of rotatable bonds is 2. The molecule has 27 heavy (non-hydrogen) atoms. The number of fused-ring (bicyclic) bond motifs is 1. The van der Waals surface area contributed by atoms with Crippen LogP contribution in [0, 0.1) is 0 Å². The Morgan fingerprint density at radius 1 is 0.963 bits per heavy atom. The molecule has 3 heterocycles. The number of carbonyl (C=O) groups excluding carboxylic acids is 3. The molecule has 3 rings (SSSR count). The fourth-order valence-corrected chi connectivity index (χ4v) is 3.65. The Labute approximate surface area is 159 Å². The Balaban J connectivity index is 1.84. The van der Waals surface area contributed by atoms with Crippen molar-refractivity contribution in [2.75, 3.05) is 26.2 Å². The van der Waals surface area contributed by atoms with Crippen LogP contribution in [0.1, 0.15) is 67.3 Å². The van der Waals surface area contributed by atoms with Crippen LogP contribution in [-0.2, 0) is 17.8 Å². The molecule has 1 aromatic rings. The van der Waals surface area contributed by atoms with Gasteiger partial charge in [0.1, 0.15) is 5.69 Å². The van der Waals surface area contributed by atoms with E-state index < -0.39 is 0 Å². The molecule has 0 radical (unpaired) electrons. The fourth-order valence-electron chi connectivity index (χ4n) is 3.65. The summed E-state index contributed by atoms with van der Waals surface area (Å²) in [5, 5.41) is 2.95. The largest absolute Gasteiger partial charge is 0.346 e. The summed E-state index contributed by atoms with van der Waals surface area (Å²) < 4.78 is 1.92. The van der Waals surface area contributed by atoms with E-state index in [-0.39, 0.29) is 23.3 Å². The highest BCUT2D eigenvalue weighted by Gasteiger charge is 2.32. The predicted molar refractivity (Wildman–Crippen MR) is 101 cm³/mol. The molecule has 0 bridgehead atoms. The molecule has 1 aromatic heterocycles. The lowest BCUT2D eigenvalue weighted by molar-refractivity contribution is -0.130. The summed E-state index contributed by atoms with van der Waals surface area (Å²) in [6.07, 6.45) is 2.72. The van der Waals surface area contributed by atoms with Crippen LogP contribution in [0.5, 0.6) is 0 Å². The van der Waals surface area contributed by atoms with Crippen LogP contribution < -0.4 is 5.32 Å². The molecule has 2 aliphatic heterocycles. The first kappa shape index (κ1) is 19.4. The van der Waals surface area contributed by atoms with Crippen LogP contribution in [0.25, 0.3) is 0 Å². The van der Waals surface area contributed by atoms with Crippen LogP contribution in [0.2, 0.25) is 0 Å². The maximum Gasteiger partial charge on any atom is 0.290 e. The lowest BCUT2D eigenvalue weighted by atomic mass is 10.1. The third kappa shape index (κ3) is 4.14. The number of carbonyl (C=O) groups is 3. The molecule has 2 aliphatic rings. The van der Waals surface area contributed by atoms with E-state index in [0.717, 1.165) is 25.0 Å². The third-order valence-electron chi connectivity index (χ3n) is 5.02. The highest BCUT2D eigenvalue weighted by Crippen LogP contribution is 2.23. The average Bonchev–Trinajstić information content (AvgIpc) is 2.99. The van der Waals surface area contributed by atoms with Crippen LogP contribution in [0.15, 0.2) is 0 Å². The number of piperazine rings is 1. The number of hydrogen-bond acceptors (Lipinski definition) is 4. The van der Waals surface area contributed by atoms with Gasteiger partial charge in [-0.2, -0.15) is 0 Å². The number of amides is 3. The number of aromatic nitrogens is 2. The lowest BCUT2D eigenvalue weighted by Crippen LogP contribution is -2.50. The van der Waals surface area contributed by atoms with Crippen molar-refractivity contribution >= 4 is 17.7 Å². The van der Waals surface area contributed by atoms with Gasteiger partial charge in [0.2, 0.25) is 5.91 Å². The van der Waals surface area contributed by atoms with E-state index in [1.807, 2.05) is 25.3 Å². The van der Waals surface area contributed by atoms with Crippen molar-refractivity contribution in [2.45, 2.75) is 59.0 Å². The molecule has 8 heteroatoms. The summed E-state index contributed by atoms with van der Waals surface area (Å²) >= 11 is 0. The summed E-state index contributed by atoms with van der Waals surface area (Å²) in [5.74, 6) is -0.00813. The molecule has 1 N–H and O–H groups in total. The summed E-state index contributed by atoms with van der Waals surface area (Å²) in [4.78, 5) is 45.2. The molecule has 3 amide bonds. The summed E-state index contributed by atoms with van der Waals surface area (Å²) in [7, 11) is 0. The standard InChI is InChI=1S/C19H29N5O3/c1-13(25)22-9-11-23(12-10-22)18(27)16-20-15(17(26)21-19(2,3)4)14-7-5-6-8-24(14)16/h5-12H2,1-4H3,(H,21,26). The normalized spacial score (nSPS) is 17.5. The van der Waals surface area contributed by atoms with Crippen LogP contribution >= 0.6 is 0 Å².